The monoisotopic (exact) mass is 234 g/mol. The van der Waals surface area contributed by atoms with Crippen molar-refractivity contribution in [1.29, 1.82) is 0 Å². The van der Waals surface area contributed by atoms with Gasteiger partial charge in [-0.2, -0.15) is 0 Å². The Balaban J connectivity index is 2.12. The van der Waals surface area contributed by atoms with Gasteiger partial charge < -0.3 is 15.4 Å². The maximum Gasteiger partial charge on any atom is 0.253 e. The van der Waals surface area contributed by atoms with Crippen LogP contribution < -0.4 is 10.6 Å². The number of fused-ring (bicyclic) bond motifs is 1. The lowest BCUT2D eigenvalue weighted by atomic mass is 9.99. The van der Waals surface area contributed by atoms with Gasteiger partial charge in [0.2, 0.25) is 0 Å². The fraction of sp³-hybridized carbons (Fsp3) is 0.462. The molecule has 2 rings (SSSR count). The van der Waals surface area contributed by atoms with Crippen molar-refractivity contribution in [3.8, 4) is 0 Å². The topological polar surface area (TPSA) is 50.4 Å². The molecule has 1 amide bonds. The molecule has 0 radical (unpaired) electrons. The average Bonchev–Trinajstić information content (AvgIpc) is 2.38. The number of methoxy groups -OCH3 is 1. The summed E-state index contributed by atoms with van der Waals surface area (Å²) in [6.45, 7) is 2.02. The van der Waals surface area contributed by atoms with Crippen LogP contribution in [-0.2, 0) is 11.2 Å². The van der Waals surface area contributed by atoms with E-state index in [1.807, 2.05) is 12.1 Å². The Labute approximate surface area is 101 Å². The molecule has 2 N–H and O–H groups in total. The molecule has 0 fully saturated rings. The van der Waals surface area contributed by atoms with E-state index in [0.29, 0.717) is 13.2 Å². The number of nitrogens with one attached hydrogen (secondary N) is 2. The highest BCUT2D eigenvalue weighted by Gasteiger charge is 2.16. The van der Waals surface area contributed by atoms with E-state index < -0.39 is 0 Å². The van der Waals surface area contributed by atoms with Gasteiger partial charge >= 0.3 is 0 Å². The second kappa shape index (κ2) is 5.68. The number of benzene rings is 1. The van der Waals surface area contributed by atoms with Gasteiger partial charge in [0.1, 0.15) is 0 Å². The fourth-order valence-corrected chi connectivity index (χ4v) is 2.06. The largest absolute Gasteiger partial charge is 0.384 e. The molecule has 0 aromatic heterocycles. The summed E-state index contributed by atoms with van der Waals surface area (Å²) in [6, 6.07) is 5.88. The second-order valence-corrected chi connectivity index (χ2v) is 4.12. The van der Waals surface area contributed by atoms with E-state index in [0.717, 1.165) is 30.6 Å². The molecule has 4 heteroatoms. The molecule has 92 valence electrons. The van der Waals surface area contributed by atoms with E-state index in [1.54, 1.807) is 7.11 Å². The Morgan fingerprint density at radius 1 is 1.53 bits per heavy atom. The van der Waals surface area contributed by atoms with Gasteiger partial charge in [-0.05, 0) is 24.5 Å². The minimum Gasteiger partial charge on any atom is -0.384 e. The van der Waals surface area contributed by atoms with Crippen molar-refractivity contribution >= 4 is 11.6 Å². The Bertz CT molecular complexity index is 404. The number of carbonyl (C=O) groups excluding carboxylic acids is 1. The standard InChI is InChI=1S/C13H18N2O2/c1-17-9-8-15-13(16)11-6-2-4-10-5-3-7-14-12(10)11/h2,4,6,14H,3,5,7-9H2,1H3,(H,15,16). The third-order valence-electron chi connectivity index (χ3n) is 2.91. The Kier molecular flexibility index (Phi) is 3.98. The first-order valence-corrected chi connectivity index (χ1v) is 5.96. The van der Waals surface area contributed by atoms with Gasteiger partial charge in [0.25, 0.3) is 5.91 Å². The van der Waals surface area contributed by atoms with Gasteiger partial charge in [0.05, 0.1) is 17.9 Å². The summed E-state index contributed by atoms with van der Waals surface area (Å²) in [5.74, 6) is -0.0340. The third-order valence-corrected chi connectivity index (χ3v) is 2.91. The van der Waals surface area contributed by atoms with Crippen LogP contribution >= 0.6 is 0 Å². The molecule has 0 unspecified atom stereocenters. The molecular formula is C13H18N2O2. The number of rotatable bonds is 4. The zero-order valence-electron chi connectivity index (χ0n) is 10.1. The quantitative estimate of drug-likeness (QED) is 0.775. The maximum atomic E-state index is 12.0. The molecule has 0 aliphatic carbocycles. The van der Waals surface area contributed by atoms with Gasteiger partial charge in [0.15, 0.2) is 0 Å². The van der Waals surface area contributed by atoms with E-state index in [-0.39, 0.29) is 5.91 Å². The number of carbonyl (C=O) groups is 1. The molecule has 17 heavy (non-hydrogen) atoms. The number of hydrogen-bond donors (Lipinski definition) is 2. The van der Waals surface area contributed by atoms with Crippen LogP contribution in [0, 0.1) is 0 Å². The van der Waals surface area contributed by atoms with Crippen LogP contribution in [0.4, 0.5) is 5.69 Å². The summed E-state index contributed by atoms with van der Waals surface area (Å²) < 4.78 is 4.91. The first kappa shape index (κ1) is 11.9. The fourth-order valence-electron chi connectivity index (χ4n) is 2.06. The molecule has 1 aliphatic rings. The van der Waals surface area contributed by atoms with E-state index in [2.05, 4.69) is 16.7 Å². The van der Waals surface area contributed by atoms with Crippen LogP contribution in [0.1, 0.15) is 22.3 Å². The number of aryl methyl sites for hydroxylation is 1. The van der Waals surface area contributed by atoms with Crippen LogP contribution in [0.3, 0.4) is 0 Å². The molecule has 1 aromatic carbocycles. The molecule has 4 nitrogen and oxygen atoms in total. The highest BCUT2D eigenvalue weighted by atomic mass is 16.5. The van der Waals surface area contributed by atoms with Gasteiger partial charge in [-0.15, -0.1) is 0 Å². The van der Waals surface area contributed by atoms with Gasteiger partial charge in [-0.25, -0.2) is 0 Å². The average molecular weight is 234 g/mol. The lowest BCUT2D eigenvalue weighted by Gasteiger charge is -2.20. The summed E-state index contributed by atoms with van der Waals surface area (Å²) in [4.78, 5) is 12.0. The molecule has 1 heterocycles. The molecule has 0 atom stereocenters. The van der Waals surface area contributed by atoms with Crippen LogP contribution in [0.5, 0.6) is 0 Å². The SMILES string of the molecule is COCCNC(=O)c1cccc2c1NCCC2. The molecule has 0 bridgehead atoms. The number of para-hydroxylation sites is 1. The Hall–Kier alpha value is -1.55. The summed E-state index contributed by atoms with van der Waals surface area (Å²) in [5.41, 5.74) is 2.96. The van der Waals surface area contributed by atoms with Gasteiger partial charge in [-0.3, -0.25) is 4.79 Å². The first-order chi connectivity index (χ1) is 8.33. The van der Waals surface area contributed by atoms with Crippen LogP contribution in [0.2, 0.25) is 0 Å². The van der Waals surface area contributed by atoms with Crippen LogP contribution in [-0.4, -0.2) is 32.7 Å². The minimum atomic E-state index is -0.0340. The van der Waals surface area contributed by atoms with E-state index in [4.69, 9.17) is 4.74 Å². The predicted molar refractivity (Wildman–Crippen MR) is 67.5 cm³/mol. The van der Waals surface area contributed by atoms with Crippen molar-refractivity contribution in [3.63, 3.8) is 0 Å². The van der Waals surface area contributed by atoms with Crippen LogP contribution in [0.25, 0.3) is 0 Å². The molecule has 0 saturated heterocycles. The first-order valence-electron chi connectivity index (χ1n) is 5.96. The number of anilines is 1. The van der Waals surface area contributed by atoms with Crippen molar-refractivity contribution in [2.45, 2.75) is 12.8 Å². The molecule has 0 saturated carbocycles. The summed E-state index contributed by atoms with van der Waals surface area (Å²) >= 11 is 0. The second-order valence-electron chi connectivity index (χ2n) is 4.12. The van der Waals surface area contributed by atoms with Crippen molar-refractivity contribution in [1.82, 2.24) is 5.32 Å². The van der Waals surface area contributed by atoms with E-state index >= 15 is 0 Å². The van der Waals surface area contributed by atoms with Gasteiger partial charge in [0, 0.05) is 20.2 Å². The Morgan fingerprint density at radius 3 is 3.24 bits per heavy atom. The summed E-state index contributed by atoms with van der Waals surface area (Å²) in [5, 5.41) is 6.16. The lowest BCUT2D eigenvalue weighted by Crippen LogP contribution is -2.28. The normalized spacial score (nSPS) is 13.7. The third kappa shape index (κ3) is 2.77. The molecular weight excluding hydrogens is 216 g/mol. The Morgan fingerprint density at radius 2 is 2.41 bits per heavy atom. The highest BCUT2D eigenvalue weighted by Crippen LogP contribution is 2.25. The lowest BCUT2D eigenvalue weighted by molar-refractivity contribution is 0.0937. The molecule has 0 spiro atoms. The molecule has 1 aromatic rings. The van der Waals surface area contributed by atoms with E-state index in [9.17, 15) is 4.79 Å². The molecule has 1 aliphatic heterocycles. The zero-order valence-corrected chi connectivity index (χ0v) is 10.1. The van der Waals surface area contributed by atoms with Crippen molar-refractivity contribution in [3.05, 3.63) is 29.3 Å². The van der Waals surface area contributed by atoms with Crippen molar-refractivity contribution < 1.29 is 9.53 Å². The summed E-state index contributed by atoms with van der Waals surface area (Å²) in [7, 11) is 1.62. The predicted octanol–water partition coefficient (Wildman–Crippen LogP) is 1.42. The number of hydrogen-bond acceptors (Lipinski definition) is 3. The van der Waals surface area contributed by atoms with E-state index in [1.165, 1.54) is 5.56 Å². The number of amides is 1. The van der Waals surface area contributed by atoms with Crippen LogP contribution in [0.15, 0.2) is 18.2 Å². The smallest absolute Gasteiger partial charge is 0.253 e. The van der Waals surface area contributed by atoms with Crippen molar-refractivity contribution in [2.24, 2.45) is 0 Å². The highest BCUT2D eigenvalue weighted by molar-refractivity contribution is 6.00. The maximum absolute atomic E-state index is 12.0. The summed E-state index contributed by atoms with van der Waals surface area (Å²) in [6.07, 6.45) is 2.17. The minimum absolute atomic E-state index is 0.0340. The zero-order chi connectivity index (χ0) is 12.1. The van der Waals surface area contributed by atoms with Gasteiger partial charge in [-0.1, -0.05) is 12.1 Å². The van der Waals surface area contributed by atoms with Crippen molar-refractivity contribution in [2.75, 3.05) is 32.1 Å². The number of ether oxygens (including phenoxy) is 1.